The molecule has 0 fully saturated rings. The van der Waals surface area contributed by atoms with Gasteiger partial charge in [-0.25, -0.2) is 4.98 Å². The second kappa shape index (κ2) is 7.12. The molecule has 0 amide bonds. The Hall–Kier alpha value is -1.79. The van der Waals surface area contributed by atoms with E-state index >= 15 is 0 Å². The fourth-order valence-electron chi connectivity index (χ4n) is 1.63. The first kappa shape index (κ1) is 14.6. The molecule has 0 bridgehead atoms. The van der Waals surface area contributed by atoms with E-state index in [2.05, 4.69) is 9.97 Å². The molecule has 2 aromatic rings. The fourth-order valence-corrected chi connectivity index (χ4v) is 2.01. The predicted molar refractivity (Wildman–Crippen MR) is 80.3 cm³/mol. The van der Waals surface area contributed by atoms with Crippen LogP contribution in [-0.4, -0.2) is 29.9 Å². The third-order valence-electron chi connectivity index (χ3n) is 2.63. The quantitative estimate of drug-likeness (QED) is 0.652. The van der Waals surface area contributed by atoms with Crippen molar-refractivity contribution in [3.63, 3.8) is 0 Å². The predicted octanol–water partition coefficient (Wildman–Crippen LogP) is 2.76. The van der Waals surface area contributed by atoms with Crippen LogP contribution in [0.4, 0.5) is 5.82 Å². The molecule has 1 aromatic carbocycles. The van der Waals surface area contributed by atoms with Gasteiger partial charge in [0.25, 0.3) is 0 Å². The van der Waals surface area contributed by atoms with Crippen LogP contribution in [0, 0.1) is 0 Å². The monoisotopic (exact) mass is 291 g/mol. The first-order valence-electron chi connectivity index (χ1n) is 6.15. The Morgan fingerprint density at radius 2 is 1.95 bits per heavy atom. The minimum Gasteiger partial charge on any atom is -0.439 e. The lowest BCUT2D eigenvalue weighted by Crippen LogP contribution is -1.97. The number of nitrogens with two attached hydrogens (primary N) is 1. The van der Waals surface area contributed by atoms with Crippen molar-refractivity contribution in [2.24, 2.45) is 0 Å². The number of anilines is 1. The molecule has 1 aromatic heterocycles. The maximum Gasteiger partial charge on any atom is 0.225 e. The van der Waals surface area contributed by atoms with Gasteiger partial charge in [0.2, 0.25) is 5.88 Å². The molecule has 106 valence electrons. The first-order valence-corrected chi connectivity index (χ1v) is 7.38. The highest BCUT2D eigenvalue weighted by atomic mass is 32.2. The minimum absolute atomic E-state index is 0.399. The standard InChI is InChI=1S/C14H17N3O2S/c1-18-8-7-10-3-5-11(6-4-10)19-13-9-12(15)16-14(17-13)20-2/h3-6,9H,7-8H2,1-2H3,(H2,15,16,17). The summed E-state index contributed by atoms with van der Waals surface area (Å²) in [7, 11) is 1.69. The second-order valence-corrected chi connectivity index (χ2v) is 4.88. The summed E-state index contributed by atoms with van der Waals surface area (Å²) in [6, 6.07) is 9.44. The Bertz CT molecular complexity index is 561. The average molecular weight is 291 g/mol. The zero-order valence-corrected chi connectivity index (χ0v) is 12.3. The number of hydrogen-bond donors (Lipinski definition) is 1. The molecule has 0 spiro atoms. The Kier molecular flexibility index (Phi) is 5.20. The van der Waals surface area contributed by atoms with Crippen molar-refractivity contribution in [1.29, 1.82) is 0 Å². The van der Waals surface area contributed by atoms with Gasteiger partial charge >= 0.3 is 0 Å². The van der Waals surface area contributed by atoms with E-state index in [1.807, 2.05) is 30.5 Å². The Morgan fingerprint density at radius 3 is 2.60 bits per heavy atom. The van der Waals surface area contributed by atoms with Gasteiger partial charge in [0.05, 0.1) is 6.61 Å². The van der Waals surface area contributed by atoms with E-state index in [9.17, 15) is 0 Å². The van der Waals surface area contributed by atoms with Crippen LogP contribution in [0.3, 0.4) is 0 Å². The third-order valence-corrected chi connectivity index (χ3v) is 3.17. The van der Waals surface area contributed by atoms with Crippen LogP contribution >= 0.6 is 11.8 Å². The molecule has 2 rings (SSSR count). The summed E-state index contributed by atoms with van der Waals surface area (Å²) in [5.74, 6) is 1.57. The van der Waals surface area contributed by atoms with Crippen molar-refractivity contribution in [3.05, 3.63) is 35.9 Å². The van der Waals surface area contributed by atoms with Gasteiger partial charge in [-0.1, -0.05) is 23.9 Å². The van der Waals surface area contributed by atoms with Crippen molar-refractivity contribution < 1.29 is 9.47 Å². The number of nitrogen functional groups attached to an aromatic ring is 1. The van der Waals surface area contributed by atoms with Gasteiger partial charge in [-0.3, -0.25) is 0 Å². The maximum absolute atomic E-state index is 5.71. The smallest absolute Gasteiger partial charge is 0.225 e. The van der Waals surface area contributed by atoms with Crippen LogP contribution in [0.2, 0.25) is 0 Å². The van der Waals surface area contributed by atoms with E-state index in [4.69, 9.17) is 15.2 Å². The van der Waals surface area contributed by atoms with Gasteiger partial charge in [0.1, 0.15) is 11.6 Å². The normalized spacial score (nSPS) is 10.5. The number of methoxy groups -OCH3 is 1. The Morgan fingerprint density at radius 1 is 1.20 bits per heavy atom. The molecule has 20 heavy (non-hydrogen) atoms. The first-order chi connectivity index (χ1) is 9.71. The molecular weight excluding hydrogens is 274 g/mol. The van der Waals surface area contributed by atoms with Crippen LogP contribution in [0.25, 0.3) is 0 Å². The lowest BCUT2D eigenvalue weighted by molar-refractivity contribution is 0.202. The highest BCUT2D eigenvalue weighted by molar-refractivity contribution is 7.98. The molecule has 0 saturated carbocycles. The summed E-state index contributed by atoms with van der Waals surface area (Å²) < 4.78 is 10.7. The van der Waals surface area contributed by atoms with E-state index < -0.39 is 0 Å². The summed E-state index contributed by atoms with van der Waals surface area (Å²) in [4.78, 5) is 8.33. The molecule has 2 N–H and O–H groups in total. The van der Waals surface area contributed by atoms with Gasteiger partial charge in [-0.15, -0.1) is 0 Å². The summed E-state index contributed by atoms with van der Waals surface area (Å²) in [6.07, 6.45) is 2.77. The van der Waals surface area contributed by atoms with Crippen LogP contribution in [0.1, 0.15) is 5.56 Å². The number of rotatable bonds is 6. The van der Waals surface area contributed by atoms with Gasteiger partial charge in [0.15, 0.2) is 5.16 Å². The average Bonchev–Trinajstić information content (AvgIpc) is 2.46. The highest BCUT2D eigenvalue weighted by Gasteiger charge is 2.04. The summed E-state index contributed by atoms with van der Waals surface area (Å²) in [5, 5.41) is 0.594. The molecule has 0 aliphatic heterocycles. The van der Waals surface area contributed by atoms with Crippen molar-refractivity contribution in [1.82, 2.24) is 9.97 Å². The molecule has 0 radical (unpaired) electrons. The van der Waals surface area contributed by atoms with Crippen molar-refractivity contribution in [2.45, 2.75) is 11.6 Å². The molecule has 0 saturated heterocycles. The summed E-state index contributed by atoms with van der Waals surface area (Å²) in [6.45, 7) is 0.708. The van der Waals surface area contributed by atoms with E-state index in [-0.39, 0.29) is 0 Å². The lowest BCUT2D eigenvalue weighted by atomic mass is 10.1. The van der Waals surface area contributed by atoms with Gasteiger partial charge in [0, 0.05) is 13.2 Å². The van der Waals surface area contributed by atoms with Crippen molar-refractivity contribution >= 4 is 17.6 Å². The molecule has 0 aliphatic rings. The topological polar surface area (TPSA) is 70.3 Å². The Balaban J connectivity index is 2.07. The molecule has 0 aliphatic carbocycles. The van der Waals surface area contributed by atoms with E-state index in [0.717, 1.165) is 12.2 Å². The number of nitrogens with zero attached hydrogens (tertiary/aromatic N) is 2. The largest absolute Gasteiger partial charge is 0.439 e. The fraction of sp³-hybridized carbons (Fsp3) is 0.286. The van der Waals surface area contributed by atoms with Crippen LogP contribution in [0.15, 0.2) is 35.5 Å². The summed E-state index contributed by atoms with van der Waals surface area (Å²) in [5.41, 5.74) is 6.91. The van der Waals surface area contributed by atoms with Crippen molar-refractivity contribution in [2.75, 3.05) is 25.7 Å². The van der Waals surface area contributed by atoms with Crippen molar-refractivity contribution in [3.8, 4) is 11.6 Å². The number of aromatic nitrogens is 2. The van der Waals surface area contributed by atoms with E-state index in [1.165, 1.54) is 17.3 Å². The van der Waals surface area contributed by atoms with Gasteiger partial charge in [-0.05, 0) is 30.4 Å². The van der Waals surface area contributed by atoms with E-state index in [1.54, 1.807) is 13.2 Å². The minimum atomic E-state index is 0.399. The third kappa shape index (κ3) is 4.11. The SMILES string of the molecule is COCCc1ccc(Oc2cc(N)nc(SC)n2)cc1. The van der Waals surface area contributed by atoms with Crippen LogP contribution in [-0.2, 0) is 11.2 Å². The molecule has 0 atom stereocenters. The highest BCUT2D eigenvalue weighted by Crippen LogP contribution is 2.23. The number of ether oxygens (including phenoxy) is 2. The second-order valence-electron chi connectivity index (χ2n) is 4.11. The zero-order chi connectivity index (χ0) is 14.4. The van der Waals surface area contributed by atoms with Gasteiger partial charge < -0.3 is 15.2 Å². The van der Waals surface area contributed by atoms with Crippen LogP contribution in [0.5, 0.6) is 11.6 Å². The lowest BCUT2D eigenvalue weighted by Gasteiger charge is -2.07. The number of hydrogen-bond acceptors (Lipinski definition) is 6. The van der Waals surface area contributed by atoms with Crippen LogP contribution < -0.4 is 10.5 Å². The number of benzene rings is 1. The maximum atomic E-state index is 5.71. The zero-order valence-electron chi connectivity index (χ0n) is 11.5. The molecule has 0 unspecified atom stereocenters. The molecule has 6 heteroatoms. The molecular formula is C14H17N3O2S. The number of thioether (sulfide) groups is 1. The molecule has 5 nitrogen and oxygen atoms in total. The van der Waals surface area contributed by atoms with E-state index in [0.29, 0.717) is 23.5 Å². The van der Waals surface area contributed by atoms with Gasteiger partial charge in [-0.2, -0.15) is 4.98 Å². The Labute approximate surface area is 122 Å². The molecule has 1 heterocycles. The summed E-state index contributed by atoms with van der Waals surface area (Å²) >= 11 is 1.42.